The van der Waals surface area contributed by atoms with Crippen molar-refractivity contribution in [2.45, 2.75) is 44.4 Å². The van der Waals surface area contributed by atoms with Gasteiger partial charge in [0.1, 0.15) is 5.41 Å². The molecule has 0 saturated carbocycles. The lowest BCUT2D eigenvalue weighted by Gasteiger charge is -2.36. The molecular weight excluding hydrogens is 424 g/mol. The standard InChI is InChI=1S/C29H30N2O3/c1-2-34-28(32)29(18-19-30)25-15-9-10-16-26(25)31(21-23-11-5-3-6-12-23)27(29)17-20-33-22-24-13-7-4-8-14-24/h3-16,27H,2,17-18,20-22H2,1H3/t27-,29-/m0/s1. The fraction of sp³-hybridized carbons (Fsp3) is 0.310. The monoisotopic (exact) mass is 454 g/mol. The molecule has 4 rings (SSSR count). The summed E-state index contributed by atoms with van der Waals surface area (Å²) in [6.45, 7) is 3.67. The van der Waals surface area contributed by atoms with E-state index in [1.165, 1.54) is 0 Å². The molecule has 0 aliphatic carbocycles. The predicted octanol–water partition coefficient (Wildman–Crippen LogP) is 5.40. The van der Waals surface area contributed by atoms with E-state index in [1.54, 1.807) is 6.92 Å². The minimum atomic E-state index is -1.06. The number of fused-ring (bicyclic) bond motifs is 1. The van der Waals surface area contributed by atoms with Crippen LogP contribution in [0.4, 0.5) is 5.69 Å². The SMILES string of the molecule is CCOC(=O)[C@@]1(CC#N)c2ccccc2N(Cc2ccccc2)[C@H]1CCOCc1ccccc1. The molecule has 0 unspecified atom stereocenters. The zero-order valence-electron chi connectivity index (χ0n) is 19.5. The average Bonchev–Trinajstić information content (AvgIpc) is 3.13. The highest BCUT2D eigenvalue weighted by Crippen LogP contribution is 2.50. The third-order valence-electron chi connectivity index (χ3n) is 6.48. The van der Waals surface area contributed by atoms with Crippen molar-refractivity contribution >= 4 is 11.7 Å². The molecule has 34 heavy (non-hydrogen) atoms. The molecular formula is C29H30N2O3. The summed E-state index contributed by atoms with van der Waals surface area (Å²) in [5.41, 5.74) is 3.02. The molecule has 1 heterocycles. The van der Waals surface area contributed by atoms with Crippen LogP contribution in [0.3, 0.4) is 0 Å². The van der Waals surface area contributed by atoms with Crippen LogP contribution in [0, 0.1) is 11.3 Å². The van der Waals surface area contributed by atoms with Gasteiger partial charge in [-0.3, -0.25) is 4.79 Å². The first-order valence-corrected chi connectivity index (χ1v) is 11.8. The lowest BCUT2D eigenvalue weighted by molar-refractivity contribution is -0.151. The number of nitrogens with zero attached hydrogens (tertiary/aromatic N) is 2. The van der Waals surface area contributed by atoms with E-state index < -0.39 is 5.41 Å². The number of carbonyl (C=O) groups is 1. The molecule has 0 N–H and O–H groups in total. The molecule has 0 bridgehead atoms. The number of hydrogen-bond donors (Lipinski definition) is 0. The average molecular weight is 455 g/mol. The van der Waals surface area contributed by atoms with Gasteiger partial charge in [0, 0.05) is 18.8 Å². The van der Waals surface area contributed by atoms with Gasteiger partial charge in [0.25, 0.3) is 0 Å². The number of ether oxygens (including phenoxy) is 2. The number of anilines is 1. The molecule has 1 aliphatic heterocycles. The quantitative estimate of drug-likeness (QED) is 0.303. The minimum absolute atomic E-state index is 0.0531. The Labute approximate surface area is 201 Å². The first kappa shape index (κ1) is 23.5. The van der Waals surface area contributed by atoms with Gasteiger partial charge in [-0.05, 0) is 36.1 Å². The van der Waals surface area contributed by atoms with Crippen LogP contribution in [0.5, 0.6) is 0 Å². The Kier molecular flexibility index (Phi) is 7.61. The number of benzene rings is 3. The largest absolute Gasteiger partial charge is 0.465 e. The Balaban J connectivity index is 1.68. The van der Waals surface area contributed by atoms with Gasteiger partial charge in [0.2, 0.25) is 0 Å². The molecule has 0 spiro atoms. The van der Waals surface area contributed by atoms with E-state index in [-0.39, 0.29) is 25.0 Å². The van der Waals surface area contributed by atoms with Gasteiger partial charge < -0.3 is 14.4 Å². The van der Waals surface area contributed by atoms with Crippen LogP contribution in [0.25, 0.3) is 0 Å². The second-order valence-corrected chi connectivity index (χ2v) is 8.50. The van der Waals surface area contributed by atoms with Gasteiger partial charge in [0.15, 0.2) is 0 Å². The summed E-state index contributed by atoms with van der Waals surface area (Å²) in [5, 5.41) is 9.84. The Morgan fingerprint density at radius 1 is 0.971 bits per heavy atom. The van der Waals surface area contributed by atoms with Crippen molar-refractivity contribution in [1.29, 1.82) is 5.26 Å². The molecule has 0 radical (unpaired) electrons. The lowest BCUT2D eigenvalue weighted by atomic mass is 9.73. The maximum atomic E-state index is 13.5. The molecule has 0 saturated heterocycles. The Morgan fingerprint density at radius 2 is 1.62 bits per heavy atom. The minimum Gasteiger partial charge on any atom is -0.465 e. The number of hydrogen-bond acceptors (Lipinski definition) is 5. The number of nitriles is 1. The maximum Gasteiger partial charge on any atom is 0.319 e. The van der Waals surface area contributed by atoms with Gasteiger partial charge in [-0.25, -0.2) is 0 Å². The number of rotatable bonds is 10. The number of carbonyl (C=O) groups excluding carboxylic acids is 1. The zero-order valence-corrected chi connectivity index (χ0v) is 19.5. The summed E-state index contributed by atoms with van der Waals surface area (Å²) in [6.07, 6.45) is 0.645. The van der Waals surface area contributed by atoms with Crippen LogP contribution in [0.1, 0.15) is 36.5 Å². The highest BCUT2D eigenvalue weighted by Gasteiger charge is 2.56. The van der Waals surface area contributed by atoms with Crippen LogP contribution < -0.4 is 4.90 Å². The fourth-order valence-electron chi connectivity index (χ4n) is 4.97. The second-order valence-electron chi connectivity index (χ2n) is 8.50. The van der Waals surface area contributed by atoms with E-state index >= 15 is 0 Å². The number of para-hydroxylation sites is 1. The van der Waals surface area contributed by atoms with Gasteiger partial charge in [-0.1, -0.05) is 78.9 Å². The summed E-state index contributed by atoms with van der Waals surface area (Å²) >= 11 is 0. The van der Waals surface area contributed by atoms with Crippen molar-refractivity contribution in [3.8, 4) is 6.07 Å². The van der Waals surface area contributed by atoms with Crippen molar-refractivity contribution in [2.24, 2.45) is 0 Å². The molecule has 1 aliphatic rings. The van der Waals surface area contributed by atoms with Gasteiger partial charge >= 0.3 is 5.97 Å². The molecule has 3 aromatic rings. The number of esters is 1. The third kappa shape index (κ3) is 4.69. The molecule has 0 aromatic heterocycles. The molecule has 5 nitrogen and oxygen atoms in total. The predicted molar refractivity (Wildman–Crippen MR) is 132 cm³/mol. The molecule has 3 aromatic carbocycles. The normalized spacial score (nSPS) is 18.8. The van der Waals surface area contributed by atoms with Crippen molar-refractivity contribution in [3.63, 3.8) is 0 Å². The lowest BCUT2D eigenvalue weighted by Crippen LogP contribution is -2.51. The van der Waals surface area contributed by atoms with Gasteiger partial charge in [-0.2, -0.15) is 5.26 Å². The first-order valence-electron chi connectivity index (χ1n) is 11.8. The van der Waals surface area contributed by atoms with E-state index in [2.05, 4.69) is 23.1 Å². The van der Waals surface area contributed by atoms with Crippen LogP contribution in [0.15, 0.2) is 84.9 Å². The summed E-state index contributed by atoms with van der Waals surface area (Å²) < 4.78 is 11.6. The molecule has 174 valence electrons. The first-order chi connectivity index (χ1) is 16.7. The van der Waals surface area contributed by atoms with Gasteiger partial charge in [-0.15, -0.1) is 0 Å². The van der Waals surface area contributed by atoms with Crippen molar-refractivity contribution in [2.75, 3.05) is 18.1 Å². The topological polar surface area (TPSA) is 62.6 Å². The van der Waals surface area contributed by atoms with Crippen molar-refractivity contribution in [3.05, 3.63) is 102 Å². The smallest absolute Gasteiger partial charge is 0.319 e. The summed E-state index contributed by atoms with van der Waals surface area (Å²) in [6, 6.07) is 30.2. The summed E-state index contributed by atoms with van der Waals surface area (Å²) in [5.74, 6) is -0.340. The van der Waals surface area contributed by atoms with E-state index in [1.807, 2.05) is 72.8 Å². The van der Waals surface area contributed by atoms with Gasteiger partial charge in [0.05, 0.1) is 31.7 Å². The highest BCUT2D eigenvalue weighted by molar-refractivity contribution is 5.91. The van der Waals surface area contributed by atoms with Crippen LogP contribution >= 0.6 is 0 Å². The van der Waals surface area contributed by atoms with Crippen LogP contribution in [0.2, 0.25) is 0 Å². The zero-order chi connectivity index (χ0) is 23.8. The molecule has 5 heteroatoms. The Bertz CT molecular complexity index is 1130. The molecule has 0 amide bonds. The van der Waals surface area contributed by atoms with E-state index in [4.69, 9.17) is 9.47 Å². The summed E-state index contributed by atoms with van der Waals surface area (Å²) in [7, 11) is 0. The Morgan fingerprint density at radius 3 is 2.29 bits per heavy atom. The van der Waals surface area contributed by atoms with E-state index in [0.717, 1.165) is 22.4 Å². The second kappa shape index (κ2) is 11.0. The fourth-order valence-corrected chi connectivity index (χ4v) is 4.97. The summed E-state index contributed by atoms with van der Waals surface area (Å²) in [4.78, 5) is 15.8. The van der Waals surface area contributed by atoms with Crippen LogP contribution in [-0.4, -0.2) is 25.2 Å². The van der Waals surface area contributed by atoms with Crippen molar-refractivity contribution < 1.29 is 14.3 Å². The maximum absolute atomic E-state index is 13.5. The van der Waals surface area contributed by atoms with Crippen LogP contribution in [-0.2, 0) is 32.8 Å². The molecule has 0 fully saturated rings. The third-order valence-corrected chi connectivity index (χ3v) is 6.48. The van der Waals surface area contributed by atoms with Crippen molar-refractivity contribution in [1.82, 2.24) is 0 Å². The highest BCUT2D eigenvalue weighted by atomic mass is 16.5. The van der Waals surface area contributed by atoms with E-state index in [0.29, 0.717) is 26.2 Å². The van der Waals surface area contributed by atoms with E-state index in [9.17, 15) is 10.1 Å². The molecule has 2 atom stereocenters. The Hall–Kier alpha value is -3.62.